The normalized spacial score (nSPS) is 16.0. The average Bonchev–Trinajstić information content (AvgIpc) is 3.16. The van der Waals surface area contributed by atoms with E-state index in [0.29, 0.717) is 27.0 Å². The third-order valence-electron chi connectivity index (χ3n) is 5.34. The van der Waals surface area contributed by atoms with Crippen LogP contribution in [0.25, 0.3) is 6.08 Å². The first-order valence-electron chi connectivity index (χ1n) is 11.1. The van der Waals surface area contributed by atoms with Gasteiger partial charge in [0.25, 0.3) is 15.9 Å². The Labute approximate surface area is 233 Å². The SMILES string of the molecule is CCN1C(=O)/C(=C/c2ccc(OCc3ccccc3Cl)c(OC)c2)S/C1=N/S(=O)(=O)c1ccc(Br)cc1. The van der Waals surface area contributed by atoms with E-state index >= 15 is 0 Å². The molecule has 11 heteroatoms. The summed E-state index contributed by atoms with van der Waals surface area (Å²) in [7, 11) is -2.46. The summed E-state index contributed by atoms with van der Waals surface area (Å²) in [4.78, 5) is 14.7. The number of hydrogen-bond donors (Lipinski definition) is 0. The molecule has 0 aliphatic carbocycles. The number of benzene rings is 3. The van der Waals surface area contributed by atoms with Crippen LogP contribution in [0, 0.1) is 0 Å². The molecular formula is C26H22BrClN2O5S2. The number of thioether (sulfide) groups is 1. The second-order valence-electron chi connectivity index (χ2n) is 7.75. The lowest BCUT2D eigenvalue weighted by atomic mass is 10.1. The Balaban J connectivity index is 1.57. The van der Waals surface area contributed by atoms with Crippen molar-refractivity contribution in [1.29, 1.82) is 0 Å². The van der Waals surface area contributed by atoms with Gasteiger partial charge in [-0.2, -0.15) is 8.42 Å². The number of sulfonamides is 1. The highest BCUT2D eigenvalue weighted by molar-refractivity contribution is 9.10. The molecule has 0 radical (unpaired) electrons. The van der Waals surface area contributed by atoms with Crippen molar-refractivity contribution in [2.75, 3.05) is 13.7 Å². The minimum Gasteiger partial charge on any atom is -0.493 e. The minimum atomic E-state index is -3.99. The quantitative estimate of drug-likeness (QED) is 0.272. The molecule has 1 heterocycles. The van der Waals surface area contributed by atoms with Gasteiger partial charge in [-0.1, -0.05) is 51.8 Å². The predicted octanol–water partition coefficient (Wildman–Crippen LogP) is 6.37. The van der Waals surface area contributed by atoms with Gasteiger partial charge in [0.05, 0.1) is 16.9 Å². The predicted molar refractivity (Wildman–Crippen MR) is 150 cm³/mol. The number of likely N-dealkylation sites (N-methyl/N-ethyl adjacent to an activating group) is 1. The second kappa shape index (κ2) is 11.7. The van der Waals surface area contributed by atoms with E-state index in [4.69, 9.17) is 21.1 Å². The number of amides is 1. The number of amidine groups is 1. The van der Waals surface area contributed by atoms with Crippen LogP contribution in [0.5, 0.6) is 11.5 Å². The summed E-state index contributed by atoms with van der Waals surface area (Å²) in [6, 6.07) is 18.8. The van der Waals surface area contributed by atoms with Gasteiger partial charge in [0, 0.05) is 21.6 Å². The van der Waals surface area contributed by atoms with Gasteiger partial charge in [-0.15, -0.1) is 4.40 Å². The van der Waals surface area contributed by atoms with Crippen molar-refractivity contribution in [3.05, 3.63) is 92.3 Å². The number of carbonyl (C=O) groups excluding carboxylic acids is 1. The second-order valence-corrected chi connectivity index (χ2v) is 11.7. The maximum absolute atomic E-state index is 13.0. The lowest BCUT2D eigenvalue weighted by molar-refractivity contribution is -0.122. The molecule has 0 saturated carbocycles. The summed E-state index contributed by atoms with van der Waals surface area (Å²) in [6.07, 6.45) is 1.67. The van der Waals surface area contributed by atoms with E-state index in [9.17, 15) is 13.2 Å². The van der Waals surface area contributed by atoms with Crippen molar-refractivity contribution in [2.45, 2.75) is 18.4 Å². The number of halogens is 2. The van der Waals surface area contributed by atoms with Gasteiger partial charge in [0.1, 0.15) is 6.61 Å². The lowest BCUT2D eigenvalue weighted by Gasteiger charge is -2.12. The van der Waals surface area contributed by atoms with Gasteiger partial charge in [-0.25, -0.2) is 0 Å². The Morgan fingerprint density at radius 3 is 2.49 bits per heavy atom. The van der Waals surface area contributed by atoms with Gasteiger partial charge in [0.15, 0.2) is 16.7 Å². The first-order valence-corrected chi connectivity index (χ1v) is 14.5. The summed E-state index contributed by atoms with van der Waals surface area (Å²) in [5.41, 5.74) is 1.53. The molecule has 192 valence electrons. The highest BCUT2D eigenvalue weighted by atomic mass is 79.9. The van der Waals surface area contributed by atoms with Crippen molar-refractivity contribution in [1.82, 2.24) is 4.90 Å². The van der Waals surface area contributed by atoms with E-state index in [1.165, 1.54) is 24.1 Å². The number of ether oxygens (including phenoxy) is 2. The van der Waals surface area contributed by atoms with Crippen LogP contribution < -0.4 is 9.47 Å². The molecule has 0 spiro atoms. The monoisotopic (exact) mass is 620 g/mol. The molecular weight excluding hydrogens is 600 g/mol. The number of rotatable bonds is 8. The molecule has 0 bridgehead atoms. The summed E-state index contributed by atoms with van der Waals surface area (Å²) >= 11 is 10.5. The largest absolute Gasteiger partial charge is 0.493 e. The molecule has 0 unspecified atom stereocenters. The lowest BCUT2D eigenvalue weighted by Crippen LogP contribution is -2.29. The number of carbonyl (C=O) groups is 1. The molecule has 1 aliphatic rings. The molecule has 1 aliphatic heterocycles. The maximum Gasteiger partial charge on any atom is 0.284 e. The summed E-state index contributed by atoms with van der Waals surface area (Å²) < 4.78 is 41.7. The summed E-state index contributed by atoms with van der Waals surface area (Å²) in [6.45, 7) is 2.30. The molecule has 3 aromatic rings. The van der Waals surface area contributed by atoms with Gasteiger partial charge >= 0.3 is 0 Å². The van der Waals surface area contributed by atoms with Gasteiger partial charge in [-0.05, 0) is 72.8 Å². The van der Waals surface area contributed by atoms with Crippen LogP contribution in [0.4, 0.5) is 0 Å². The van der Waals surface area contributed by atoms with E-state index in [1.807, 2.05) is 18.2 Å². The Kier molecular flexibility index (Phi) is 8.63. The Bertz CT molecular complexity index is 1490. The first-order chi connectivity index (χ1) is 17.7. The molecule has 0 aromatic heterocycles. The van der Waals surface area contributed by atoms with Crippen LogP contribution in [0.1, 0.15) is 18.1 Å². The third-order valence-corrected chi connectivity index (χ3v) is 8.64. The smallest absolute Gasteiger partial charge is 0.284 e. The van der Waals surface area contributed by atoms with Crippen molar-refractivity contribution >= 4 is 66.5 Å². The maximum atomic E-state index is 13.0. The summed E-state index contributed by atoms with van der Waals surface area (Å²) in [5.74, 6) is 0.680. The van der Waals surface area contributed by atoms with Crippen molar-refractivity contribution in [3.63, 3.8) is 0 Å². The standard InChI is InChI=1S/C26H22BrClN2O5S2/c1-3-30-25(31)24(36-26(30)29-37(32,33)20-11-9-19(27)10-12-20)15-17-8-13-22(23(14-17)34-2)35-16-18-6-4-5-7-21(18)28/h4-15H,3,16H2,1-2H3/b24-15-,29-26+. The number of nitrogens with zero attached hydrogens (tertiary/aromatic N) is 2. The topological polar surface area (TPSA) is 85.3 Å². The van der Waals surface area contributed by atoms with E-state index in [-0.39, 0.29) is 29.1 Å². The molecule has 3 aromatic carbocycles. The van der Waals surface area contributed by atoms with Crippen molar-refractivity contribution < 1.29 is 22.7 Å². The van der Waals surface area contributed by atoms with Crippen LogP contribution in [-0.2, 0) is 21.4 Å². The average molecular weight is 622 g/mol. The first kappa shape index (κ1) is 27.3. The number of hydrogen-bond acceptors (Lipinski definition) is 6. The zero-order chi connectivity index (χ0) is 26.6. The Hall–Kier alpha value is -2.79. The molecule has 7 nitrogen and oxygen atoms in total. The summed E-state index contributed by atoms with van der Waals surface area (Å²) in [5, 5.41) is 0.716. The fraction of sp³-hybridized carbons (Fsp3) is 0.154. The molecule has 1 saturated heterocycles. The van der Waals surface area contributed by atoms with Crippen LogP contribution in [0.15, 0.2) is 85.4 Å². The number of methoxy groups -OCH3 is 1. The molecule has 1 fully saturated rings. The van der Waals surface area contributed by atoms with E-state index < -0.39 is 10.0 Å². The van der Waals surface area contributed by atoms with Gasteiger partial charge < -0.3 is 9.47 Å². The van der Waals surface area contributed by atoms with Crippen LogP contribution in [0.3, 0.4) is 0 Å². The molecule has 37 heavy (non-hydrogen) atoms. The third kappa shape index (κ3) is 6.38. The highest BCUT2D eigenvalue weighted by Crippen LogP contribution is 2.36. The van der Waals surface area contributed by atoms with Crippen molar-refractivity contribution in [3.8, 4) is 11.5 Å². The molecule has 4 rings (SSSR count). The van der Waals surface area contributed by atoms with Crippen LogP contribution >= 0.6 is 39.3 Å². The molecule has 0 atom stereocenters. The molecule has 0 N–H and O–H groups in total. The Morgan fingerprint density at radius 1 is 1.08 bits per heavy atom. The zero-order valence-corrected chi connectivity index (χ0v) is 23.8. The Morgan fingerprint density at radius 2 is 1.81 bits per heavy atom. The van der Waals surface area contributed by atoms with E-state index in [0.717, 1.165) is 21.8 Å². The molecule has 1 amide bonds. The van der Waals surface area contributed by atoms with Crippen LogP contribution in [0.2, 0.25) is 5.02 Å². The van der Waals surface area contributed by atoms with E-state index in [1.54, 1.807) is 49.4 Å². The van der Waals surface area contributed by atoms with E-state index in [2.05, 4.69) is 20.3 Å². The fourth-order valence-electron chi connectivity index (χ4n) is 3.43. The van der Waals surface area contributed by atoms with Gasteiger partial charge in [0.2, 0.25) is 0 Å². The van der Waals surface area contributed by atoms with Gasteiger partial charge in [-0.3, -0.25) is 9.69 Å². The highest BCUT2D eigenvalue weighted by Gasteiger charge is 2.34. The fourth-order valence-corrected chi connectivity index (χ4v) is 6.13. The minimum absolute atomic E-state index is 0.0434. The van der Waals surface area contributed by atoms with Crippen LogP contribution in [-0.4, -0.2) is 38.0 Å². The van der Waals surface area contributed by atoms with Crippen molar-refractivity contribution in [2.24, 2.45) is 4.40 Å². The zero-order valence-electron chi connectivity index (χ0n) is 19.9.